The van der Waals surface area contributed by atoms with Crippen molar-refractivity contribution in [3.8, 4) is 0 Å². The number of thioether (sulfide) groups is 1. The minimum atomic E-state index is -3.14. The van der Waals surface area contributed by atoms with Crippen molar-refractivity contribution < 1.29 is 13.6 Å². The highest BCUT2D eigenvalue weighted by Gasteiger charge is 2.30. The number of carbonyl (C=O) groups excluding carboxylic acids is 1. The minimum Gasteiger partial charge on any atom is -0.293 e. The molecule has 0 aliphatic heterocycles. The van der Waals surface area contributed by atoms with E-state index in [1.165, 1.54) is 11.8 Å². The smallest absolute Gasteiger partial charge is 0.293 e. The molecule has 0 fully saturated rings. The van der Waals surface area contributed by atoms with E-state index in [1.807, 2.05) is 0 Å². The molecule has 0 spiro atoms. The van der Waals surface area contributed by atoms with E-state index >= 15 is 0 Å². The predicted octanol–water partition coefficient (Wildman–Crippen LogP) is 1.96. The molecule has 0 aliphatic carbocycles. The van der Waals surface area contributed by atoms with E-state index in [-0.39, 0.29) is 6.42 Å². The first-order valence-electron chi connectivity index (χ1n) is 2.88. The Balaban J connectivity index is 3.64. The lowest BCUT2D eigenvalue weighted by Crippen LogP contribution is -2.24. The molecular formula is C6H10F2OS. The highest BCUT2D eigenvalue weighted by molar-refractivity contribution is 7.98. The molecule has 0 radical (unpaired) electrons. The van der Waals surface area contributed by atoms with Gasteiger partial charge in [0.05, 0.1) is 0 Å². The third-order valence-corrected chi connectivity index (χ3v) is 1.64. The lowest BCUT2D eigenvalue weighted by molar-refractivity contribution is -0.140. The number of Topliss-reactive ketones (excluding diaryl/α,β-unsaturated/α-hetero) is 1. The van der Waals surface area contributed by atoms with E-state index in [0.717, 1.165) is 0 Å². The molecule has 60 valence electrons. The Morgan fingerprint density at radius 3 is 2.40 bits per heavy atom. The van der Waals surface area contributed by atoms with Crippen molar-refractivity contribution >= 4 is 17.5 Å². The summed E-state index contributed by atoms with van der Waals surface area (Å²) in [7, 11) is 0. The van der Waals surface area contributed by atoms with E-state index in [4.69, 9.17) is 0 Å². The Morgan fingerprint density at radius 2 is 2.10 bits per heavy atom. The van der Waals surface area contributed by atoms with Gasteiger partial charge in [0.2, 0.25) is 5.78 Å². The second-order valence-electron chi connectivity index (χ2n) is 2.05. The standard InChI is InChI=1S/C6H10F2OS/c1-6(7,8)5(9)3-4-10-2/h3-4H2,1-2H3. The summed E-state index contributed by atoms with van der Waals surface area (Å²) in [6.45, 7) is 0.635. The minimum absolute atomic E-state index is 0.0370. The maximum atomic E-state index is 12.1. The molecule has 0 unspecified atom stereocenters. The van der Waals surface area contributed by atoms with E-state index in [1.54, 1.807) is 6.26 Å². The third-order valence-electron chi connectivity index (χ3n) is 1.02. The molecule has 0 aliphatic rings. The van der Waals surface area contributed by atoms with Crippen LogP contribution in [-0.2, 0) is 4.79 Å². The van der Waals surface area contributed by atoms with Crippen LogP contribution in [0.4, 0.5) is 8.78 Å². The van der Waals surface area contributed by atoms with Crippen LogP contribution in [0.2, 0.25) is 0 Å². The second kappa shape index (κ2) is 3.91. The van der Waals surface area contributed by atoms with Gasteiger partial charge in [0.1, 0.15) is 0 Å². The zero-order valence-corrected chi connectivity index (χ0v) is 6.80. The van der Waals surface area contributed by atoms with E-state index in [9.17, 15) is 13.6 Å². The van der Waals surface area contributed by atoms with Crippen LogP contribution in [0.3, 0.4) is 0 Å². The zero-order chi connectivity index (χ0) is 8.20. The van der Waals surface area contributed by atoms with Crippen molar-refractivity contribution in [1.82, 2.24) is 0 Å². The van der Waals surface area contributed by atoms with Gasteiger partial charge in [0, 0.05) is 19.1 Å². The molecule has 4 heteroatoms. The summed E-state index contributed by atoms with van der Waals surface area (Å²) < 4.78 is 24.2. The lowest BCUT2D eigenvalue weighted by Gasteiger charge is -2.06. The molecule has 0 saturated carbocycles. The molecule has 0 heterocycles. The fourth-order valence-electron chi connectivity index (χ4n) is 0.414. The Hall–Kier alpha value is -0.120. The number of rotatable bonds is 4. The molecule has 0 atom stereocenters. The largest absolute Gasteiger partial charge is 0.302 e. The summed E-state index contributed by atoms with van der Waals surface area (Å²) >= 11 is 1.39. The SMILES string of the molecule is CSCCC(=O)C(C)(F)F. The molecule has 0 aromatic rings. The van der Waals surface area contributed by atoms with Gasteiger partial charge in [-0.3, -0.25) is 4.79 Å². The fraction of sp³-hybridized carbons (Fsp3) is 0.833. The van der Waals surface area contributed by atoms with Crippen LogP contribution in [0.5, 0.6) is 0 Å². The van der Waals surface area contributed by atoms with Crippen LogP contribution in [-0.4, -0.2) is 23.7 Å². The van der Waals surface area contributed by atoms with Crippen LogP contribution in [0.1, 0.15) is 13.3 Å². The predicted molar refractivity (Wildman–Crippen MR) is 38.6 cm³/mol. The highest BCUT2D eigenvalue weighted by atomic mass is 32.2. The van der Waals surface area contributed by atoms with Gasteiger partial charge in [-0.25, -0.2) is 0 Å². The molecule has 1 nitrogen and oxygen atoms in total. The van der Waals surface area contributed by atoms with Crippen molar-refractivity contribution in [2.24, 2.45) is 0 Å². The van der Waals surface area contributed by atoms with Crippen molar-refractivity contribution in [3.63, 3.8) is 0 Å². The maximum Gasteiger partial charge on any atom is 0.302 e. The van der Waals surface area contributed by atoms with Gasteiger partial charge >= 0.3 is 5.92 Å². The van der Waals surface area contributed by atoms with Crippen LogP contribution >= 0.6 is 11.8 Å². The van der Waals surface area contributed by atoms with E-state index in [0.29, 0.717) is 12.7 Å². The Bertz CT molecular complexity index is 119. The number of alkyl halides is 2. The maximum absolute atomic E-state index is 12.1. The topological polar surface area (TPSA) is 17.1 Å². The van der Waals surface area contributed by atoms with E-state index < -0.39 is 11.7 Å². The summed E-state index contributed by atoms with van der Waals surface area (Å²) in [5.41, 5.74) is 0. The second-order valence-corrected chi connectivity index (χ2v) is 3.04. The number of ketones is 1. The third kappa shape index (κ3) is 3.82. The van der Waals surface area contributed by atoms with Crippen molar-refractivity contribution in [3.05, 3.63) is 0 Å². The summed E-state index contributed by atoms with van der Waals surface area (Å²) in [5, 5.41) is 0. The Labute approximate surface area is 63.2 Å². The monoisotopic (exact) mass is 168 g/mol. The van der Waals surface area contributed by atoms with Crippen LogP contribution in [0.25, 0.3) is 0 Å². The molecule has 0 rings (SSSR count). The van der Waals surface area contributed by atoms with Crippen molar-refractivity contribution in [2.45, 2.75) is 19.3 Å². The first kappa shape index (κ1) is 9.88. The lowest BCUT2D eigenvalue weighted by atomic mass is 10.2. The summed E-state index contributed by atoms with van der Waals surface area (Å²) in [4.78, 5) is 10.5. The Kier molecular flexibility index (Phi) is 3.86. The molecule has 0 aromatic heterocycles. The molecule has 0 aromatic carbocycles. The zero-order valence-electron chi connectivity index (χ0n) is 5.99. The number of hydrogen-bond donors (Lipinski definition) is 0. The molecule has 0 saturated heterocycles. The van der Waals surface area contributed by atoms with E-state index in [2.05, 4.69) is 0 Å². The normalized spacial score (nSPS) is 11.6. The number of hydrogen-bond acceptors (Lipinski definition) is 2. The Morgan fingerprint density at radius 1 is 1.60 bits per heavy atom. The van der Waals surface area contributed by atoms with Crippen molar-refractivity contribution in [1.29, 1.82) is 0 Å². The van der Waals surface area contributed by atoms with Crippen molar-refractivity contribution in [2.75, 3.05) is 12.0 Å². The highest BCUT2D eigenvalue weighted by Crippen LogP contribution is 2.15. The first-order valence-corrected chi connectivity index (χ1v) is 4.28. The van der Waals surface area contributed by atoms with Gasteiger partial charge in [0.25, 0.3) is 0 Å². The van der Waals surface area contributed by atoms with Gasteiger partial charge in [-0.1, -0.05) is 0 Å². The molecule has 0 bridgehead atoms. The summed E-state index contributed by atoms with van der Waals surface area (Å²) in [6.07, 6.45) is 1.74. The van der Waals surface area contributed by atoms with Gasteiger partial charge < -0.3 is 0 Å². The fourth-order valence-corrected chi connectivity index (χ4v) is 0.804. The van der Waals surface area contributed by atoms with Gasteiger partial charge in [0.15, 0.2) is 0 Å². The van der Waals surface area contributed by atoms with Gasteiger partial charge in [-0.05, 0) is 6.26 Å². The summed E-state index contributed by atoms with van der Waals surface area (Å²) in [5.74, 6) is -3.64. The van der Waals surface area contributed by atoms with Crippen LogP contribution < -0.4 is 0 Å². The van der Waals surface area contributed by atoms with Gasteiger partial charge in [-0.2, -0.15) is 20.5 Å². The summed E-state index contributed by atoms with van der Waals surface area (Å²) in [6, 6.07) is 0. The van der Waals surface area contributed by atoms with Crippen LogP contribution in [0.15, 0.2) is 0 Å². The molecule has 10 heavy (non-hydrogen) atoms. The van der Waals surface area contributed by atoms with Crippen LogP contribution in [0, 0.1) is 0 Å². The first-order chi connectivity index (χ1) is 4.48. The number of halogens is 2. The van der Waals surface area contributed by atoms with Gasteiger partial charge in [-0.15, -0.1) is 0 Å². The average molecular weight is 168 g/mol. The quantitative estimate of drug-likeness (QED) is 0.638. The molecule has 0 amide bonds. The molecule has 0 N–H and O–H groups in total. The number of carbonyl (C=O) groups is 1. The molecular weight excluding hydrogens is 158 g/mol. The average Bonchev–Trinajstić information content (AvgIpc) is 1.80.